The molecule has 1 aromatic rings. The van der Waals surface area contributed by atoms with Gasteiger partial charge in [0.1, 0.15) is 12.4 Å². The van der Waals surface area contributed by atoms with Crippen LogP contribution in [0.4, 0.5) is 0 Å². The molecule has 1 heterocycles. The molecular formula is C15H20N2O2. The van der Waals surface area contributed by atoms with Crippen LogP contribution in [0.1, 0.15) is 36.0 Å². The maximum Gasteiger partial charge on any atom is 0.251 e. The third-order valence-electron chi connectivity index (χ3n) is 3.62. The maximum atomic E-state index is 11.9. The fourth-order valence-electron chi connectivity index (χ4n) is 2.32. The highest BCUT2D eigenvalue weighted by Gasteiger charge is 2.23. The molecule has 4 nitrogen and oxygen atoms in total. The zero-order valence-corrected chi connectivity index (χ0v) is 11.0. The third kappa shape index (κ3) is 3.47. The Morgan fingerprint density at radius 3 is 3.00 bits per heavy atom. The summed E-state index contributed by atoms with van der Waals surface area (Å²) in [5.74, 6) is 0.782. The fourth-order valence-corrected chi connectivity index (χ4v) is 2.32. The van der Waals surface area contributed by atoms with E-state index < -0.39 is 0 Å². The van der Waals surface area contributed by atoms with E-state index in [1.54, 1.807) is 0 Å². The second-order valence-corrected chi connectivity index (χ2v) is 5.38. The van der Waals surface area contributed by atoms with E-state index in [0.717, 1.165) is 25.1 Å². The lowest BCUT2D eigenvalue weighted by Gasteiger charge is -2.12. The molecule has 102 valence electrons. The lowest BCUT2D eigenvalue weighted by molar-refractivity contribution is 0.0950. The van der Waals surface area contributed by atoms with Crippen molar-refractivity contribution in [2.75, 3.05) is 13.2 Å². The van der Waals surface area contributed by atoms with Gasteiger partial charge in [0.05, 0.1) is 0 Å². The van der Waals surface area contributed by atoms with Crippen molar-refractivity contribution < 1.29 is 9.53 Å². The minimum atomic E-state index is 0.00643. The number of nitrogens with one attached hydrogen (secondary N) is 2. The quantitative estimate of drug-likeness (QED) is 0.847. The number of hydrogen-bond donors (Lipinski definition) is 2. The predicted octanol–water partition coefficient (Wildman–Crippen LogP) is 1.71. The lowest BCUT2D eigenvalue weighted by atomic mass is 10.2. The van der Waals surface area contributed by atoms with Crippen molar-refractivity contribution in [2.45, 2.75) is 37.8 Å². The van der Waals surface area contributed by atoms with Crippen LogP contribution in [0, 0.1) is 0 Å². The molecule has 2 aliphatic rings. The minimum Gasteiger partial charge on any atom is -0.492 e. The summed E-state index contributed by atoms with van der Waals surface area (Å²) in [6, 6.07) is 8.27. The Bertz CT molecular complexity index is 451. The van der Waals surface area contributed by atoms with Crippen LogP contribution in [-0.4, -0.2) is 31.1 Å². The first-order valence-electron chi connectivity index (χ1n) is 7.08. The number of hydrogen-bond acceptors (Lipinski definition) is 3. The minimum absolute atomic E-state index is 0.00643. The van der Waals surface area contributed by atoms with Gasteiger partial charge in [0.2, 0.25) is 0 Å². The van der Waals surface area contributed by atoms with Gasteiger partial charge in [-0.05, 0) is 50.4 Å². The maximum absolute atomic E-state index is 11.9. The summed E-state index contributed by atoms with van der Waals surface area (Å²) in [5.41, 5.74) is 0.684. The van der Waals surface area contributed by atoms with Gasteiger partial charge < -0.3 is 15.4 Å². The second kappa shape index (κ2) is 5.61. The molecule has 1 saturated heterocycles. The Balaban J connectivity index is 1.56. The van der Waals surface area contributed by atoms with Crippen molar-refractivity contribution in [1.82, 2.24) is 10.6 Å². The van der Waals surface area contributed by atoms with Gasteiger partial charge in [0.25, 0.3) is 5.91 Å². The van der Waals surface area contributed by atoms with E-state index in [4.69, 9.17) is 4.74 Å². The molecule has 2 fully saturated rings. The summed E-state index contributed by atoms with van der Waals surface area (Å²) in [6.45, 7) is 1.76. The van der Waals surface area contributed by atoms with E-state index in [1.807, 2.05) is 24.3 Å². The first-order valence-corrected chi connectivity index (χ1v) is 7.08. The van der Waals surface area contributed by atoms with E-state index in [0.29, 0.717) is 24.3 Å². The Hall–Kier alpha value is -1.55. The van der Waals surface area contributed by atoms with Crippen molar-refractivity contribution in [3.8, 4) is 5.75 Å². The highest BCUT2D eigenvalue weighted by molar-refractivity contribution is 5.94. The van der Waals surface area contributed by atoms with Crippen LogP contribution in [0.15, 0.2) is 24.3 Å². The van der Waals surface area contributed by atoms with Crippen molar-refractivity contribution in [2.24, 2.45) is 0 Å². The molecule has 0 aromatic heterocycles. The lowest BCUT2D eigenvalue weighted by Crippen LogP contribution is -2.28. The van der Waals surface area contributed by atoms with Crippen LogP contribution in [0.2, 0.25) is 0 Å². The summed E-state index contributed by atoms with van der Waals surface area (Å²) in [6.07, 6.45) is 4.60. The molecule has 19 heavy (non-hydrogen) atoms. The average molecular weight is 260 g/mol. The summed E-state index contributed by atoms with van der Waals surface area (Å²) >= 11 is 0. The molecule has 1 saturated carbocycles. The zero-order valence-electron chi connectivity index (χ0n) is 11.0. The number of benzene rings is 1. The van der Waals surface area contributed by atoms with Crippen LogP contribution in [0.25, 0.3) is 0 Å². The molecule has 4 heteroatoms. The summed E-state index contributed by atoms with van der Waals surface area (Å²) in [7, 11) is 0. The smallest absolute Gasteiger partial charge is 0.251 e. The van der Waals surface area contributed by atoms with Crippen molar-refractivity contribution in [1.29, 1.82) is 0 Å². The standard InChI is InChI=1S/C15H20N2O2/c18-15(17-12-6-7-12)11-3-1-5-14(9-11)19-10-13-4-2-8-16-13/h1,3,5,9,12-13,16H,2,4,6-8,10H2,(H,17,18). The molecule has 3 rings (SSSR count). The van der Waals surface area contributed by atoms with Gasteiger partial charge in [-0.3, -0.25) is 4.79 Å². The molecule has 1 amide bonds. The van der Waals surface area contributed by atoms with E-state index >= 15 is 0 Å². The second-order valence-electron chi connectivity index (χ2n) is 5.38. The van der Waals surface area contributed by atoms with Crippen LogP contribution in [-0.2, 0) is 0 Å². The van der Waals surface area contributed by atoms with Gasteiger partial charge >= 0.3 is 0 Å². The largest absolute Gasteiger partial charge is 0.492 e. The summed E-state index contributed by atoms with van der Waals surface area (Å²) in [5, 5.41) is 6.38. The Morgan fingerprint density at radius 1 is 1.37 bits per heavy atom. The molecule has 1 aromatic carbocycles. The molecule has 1 unspecified atom stereocenters. The van der Waals surface area contributed by atoms with E-state index in [9.17, 15) is 4.79 Å². The van der Waals surface area contributed by atoms with Gasteiger partial charge in [0.15, 0.2) is 0 Å². The summed E-state index contributed by atoms with van der Waals surface area (Å²) < 4.78 is 5.76. The predicted molar refractivity (Wildman–Crippen MR) is 73.4 cm³/mol. The molecule has 0 spiro atoms. The van der Waals surface area contributed by atoms with E-state index in [1.165, 1.54) is 12.8 Å². The van der Waals surface area contributed by atoms with Gasteiger partial charge in [-0.25, -0.2) is 0 Å². The number of rotatable bonds is 5. The van der Waals surface area contributed by atoms with Crippen molar-refractivity contribution >= 4 is 5.91 Å². The number of amides is 1. The highest BCUT2D eigenvalue weighted by Crippen LogP contribution is 2.20. The first-order chi connectivity index (χ1) is 9.31. The molecule has 1 atom stereocenters. The van der Waals surface area contributed by atoms with Gasteiger partial charge in [-0.15, -0.1) is 0 Å². The van der Waals surface area contributed by atoms with Crippen LogP contribution >= 0.6 is 0 Å². The molecule has 0 radical (unpaired) electrons. The Morgan fingerprint density at radius 2 is 2.26 bits per heavy atom. The van der Waals surface area contributed by atoms with Crippen LogP contribution in [0.5, 0.6) is 5.75 Å². The van der Waals surface area contributed by atoms with Gasteiger partial charge in [0, 0.05) is 17.6 Å². The molecule has 2 N–H and O–H groups in total. The Labute approximate surface area is 113 Å². The average Bonchev–Trinajstić information content (AvgIpc) is 3.09. The van der Waals surface area contributed by atoms with Gasteiger partial charge in [-0.1, -0.05) is 6.07 Å². The summed E-state index contributed by atoms with van der Waals surface area (Å²) in [4.78, 5) is 11.9. The van der Waals surface area contributed by atoms with Crippen LogP contribution in [0.3, 0.4) is 0 Å². The molecular weight excluding hydrogens is 240 g/mol. The number of ether oxygens (including phenoxy) is 1. The first kappa shape index (κ1) is 12.5. The zero-order chi connectivity index (χ0) is 13.1. The topological polar surface area (TPSA) is 50.4 Å². The van der Waals surface area contributed by atoms with Gasteiger partial charge in [-0.2, -0.15) is 0 Å². The number of carbonyl (C=O) groups is 1. The third-order valence-corrected chi connectivity index (χ3v) is 3.62. The van der Waals surface area contributed by atoms with E-state index in [-0.39, 0.29) is 5.91 Å². The fraction of sp³-hybridized carbons (Fsp3) is 0.533. The Kier molecular flexibility index (Phi) is 3.69. The number of carbonyl (C=O) groups excluding carboxylic acids is 1. The molecule has 0 bridgehead atoms. The normalized spacial score (nSPS) is 22.2. The molecule has 1 aliphatic heterocycles. The highest BCUT2D eigenvalue weighted by atomic mass is 16.5. The molecule has 1 aliphatic carbocycles. The van der Waals surface area contributed by atoms with Crippen LogP contribution < -0.4 is 15.4 Å². The van der Waals surface area contributed by atoms with Crippen molar-refractivity contribution in [3.05, 3.63) is 29.8 Å². The monoisotopic (exact) mass is 260 g/mol. The SMILES string of the molecule is O=C(NC1CC1)c1cccc(OCC2CCCN2)c1. The van der Waals surface area contributed by atoms with E-state index in [2.05, 4.69) is 10.6 Å². The van der Waals surface area contributed by atoms with Crippen molar-refractivity contribution in [3.63, 3.8) is 0 Å².